The Hall–Kier alpha value is -0.870. The van der Waals surface area contributed by atoms with Crippen LogP contribution in [0.5, 0.6) is 0 Å². The first-order chi connectivity index (χ1) is 8.08. The fraction of sp³-hybridized carbons (Fsp3) is 0.462. The molecule has 0 bridgehead atoms. The SMILES string of the molecule is Cc1ccc(Br)c(NC(=O)C2NCCC2C)c1. The molecule has 4 heteroatoms. The summed E-state index contributed by atoms with van der Waals surface area (Å²) in [5, 5.41) is 6.21. The molecule has 1 heterocycles. The molecule has 1 aromatic rings. The van der Waals surface area contributed by atoms with Gasteiger partial charge in [0.2, 0.25) is 5.91 Å². The zero-order chi connectivity index (χ0) is 12.4. The Morgan fingerprint density at radius 2 is 2.29 bits per heavy atom. The molecule has 0 spiro atoms. The van der Waals surface area contributed by atoms with E-state index in [2.05, 4.69) is 33.5 Å². The van der Waals surface area contributed by atoms with E-state index >= 15 is 0 Å². The molecule has 1 aliphatic rings. The fourth-order valence-corrected chi connectivity index (χ4v) is 2.48. The lowest BCUT2D eigenvalue weighted by Gasteiger charge is -2.16. The topological polar surface area (TPSA) is 41.1 Å². The Balaban J connectivity index is 2.10. The second kappa shape index (κ2) is 5.19. The van der Waals surface area contributed by atoms with E-state index in [-0.39, 0.29) is 11.9 Å². The van der Waals surface area contributed by atoms with Gasteiger partial charge in [-0.2, -0.15) is 0 Å². The summed E-state index contributed by atoms with van der Waals surface area (Å²) in [4.78, 5) is 12.1. The Labute approximate surface area is 110 Å². The summed E-state index contributed by atoms with van der Waals surface area (Å²) in [6.07, 6.45) is 1.06. The van der Waals surface area contributed by atoms with Gasteiger partial charge in [0.05, 0.1) is 11.7 Å². The Morgan fingerprint density at radius 3 is 2.94 bits per heavy atom. The van der Waals surface area contributed by atoms with Gasteiger partial charge in [0.15, 0.2) is 0 Å². The van der Waals surface area contributed by atoms with Gasteiger partial charge in [0.1, 0.15) is 0 Å². The number of carbonyl (C=O) groups is 1. The average molecular weight is 297 g/mol. The lowest BCUT2D eigenvalue weighted by molar-refractivity contribution is -0.118. The second-order valence-corrected chi connectivity index (χ2v) is 5.52. The van der Waals surface area contributed by atoms with E-state index in [1.54, 1.807) is 0 Å². The number of hydrogen-bond donors (Lipinski definition) is 2. The first-order valence-corrected chi connectivity index (χ1v) is 6.67. The van der Waals surface area contributed by atoms with Crippen LogP contribution in [0.2, 0.25) is 0 Å². The highest BCUT2D eigenvalue weighted by molar-refractivity contribution is 9.10. The molecule has 17 heavy (non-hydrogen) atoms. The average Bonchev–Trinajstić information content (AvgIpc) is 2.70. The van der Waals surface area contributed by atoms with Gasteiger partial charge in [0, 0.05) is 4.47 Å². The van der Waals surface area contributed by atoms with Gasteiger partial charge in [-0.3, -0.25) is 4.79 Å². The van der Waals surface area contributed by atoms with Crippen molar-refractivity contribution in [1.82, 2.24) is 5.32 Å². The summed E-state index contributed by atoms with van der Waals surface area (Å²) in [6.45, 7) is 5.04. The highest BCUT2D eigenvalue weighted by Crippen LogP contribution is 2.24. The van der Waals surface area contributed by atoms with Crippen LogP contribution in [0.25, 0.3) is 0 Å². The van der Waals surface area contributed by atoms with Crippen LogP contribution in [0.4, 0.5) is 5.69 Å². The van der Waals surface area contributed by atoms with Crippen molar-refractivity contribution in [1.29, 1.82) is 0 Å². The third kappa shape index (κ3) is 2.87. The summed E-state index contributed by atoms with van der Waals surface area (Å²) < 4.78 is 0.919. The number of hydrogen-bond acceptors (Lipinski definition) is 2. The number of benzene rings is 1. The molecule has 2 rings (SSSR count). The Morgan fingerprint density at radius 1 is 1.53 bits per heavy atom. The molecule has 1 aromatic carbocycles. The quantitative estimate of drug-likeness (QED) is 0.881. The molecule has 0 saturated carbocycles. The van der Waals surface area contributed by atoms with Crippen LogP contribution in [-0.4, -0.2) is 18.5 Å². The Kier molecular flexibility index (Phi) is 3.84. The number of amides is 1. The predicted octanol–water partition coefficient (Wildman–Crippen LogP) is 2.69. The van der Waals surface area contributed by atoms with Crippen molar-refractivity contribution in [3.8, 4) is 0 Å². The van der Waals surface area contributed by atoms with Crippen molar-refractivity contribution >= 4 is 27.5 Å². The van der Waals surface area contributed by atoms with Crippen LogP contribution >= 0.6 is 15.9 Å². The molecule has 2 unspecified atom stereocenters. The van der Waals surface area contributed by atoms with Crippen molar-refractivity contribution in [2.45, 2.75) is 26.3 Å². The zero-order valence-corrected chi connectivity index (χ0v) is 11.7. The molecule has 0 aromatic heterocycles. The van der Waals surface area contributed by atoms with Crippen LogP contribution < -0.4 is 10.6 Å². The summed E-state index contributed by atoms with van der Waals surface area (Å²) in [7, 11) is 0. The van der Waals surface area contributed by atoms with E-state index in [4.69, 9.17) is 0 Å². The molecule has 1 amide bonds. The lowest BCUT2D eigenvalue weighted by Crippen LogP contribution is -2.39. The molecule has 1 saturated heterocycles. The third-order valence-electron chi connectivity index (χ3n) is 3.20. The third-order valence-corrected chi connectivity index (χ3v) is 3.89. The van der Waals surface area contributed by atoms with E-state index in [9.17, 15) is 4.79 Å². The maximum atomic E-state index is 12.1. The molecule has 2 N–H and O–H groups in total. The van der Waals surface area contributed by atoms with Crippen molar-refractivity contribution in [2.24, 2.45) is 5.92 Å². The molecule has 3 nitrogen and oxygen atoms in total. The van der Waals surface area contributed by atoms with E-state index in [1.165, 1.54) is 0 Å². The van der Waals surface area contributed by atoms with Gasteiger partial charge in [-0.25, -0.2) is 0 Å². The maximum absolute atomic E-state index is 12.1. The molecule has 2 atom stereocenters. The van der Waals surface area contributed by atoms with Crippen LogP contribution in [0.15, 0.2) is 22.7 Å². The van der Waals surface area contributed by atoms with Crippen LogP contribution in [-0.2, 0) is 4.79 Å². The number of nitrogens with one attached hydrogen (secondary N) is 2. The monoisotopic (exact) mass is 296 g/mol. The predicted molar refractivity (Wildman–Crippen MR) is 73.1 cm³/mol. The van der Waals surface area contributed by atoms with Crippen molar-refractivity contribution < 1.29 is 4.79 Å². The maximum Gasteiger partial charge on any atom is 0.241 e. The van der Waals surface area contributed by atoms with Crippen molar-refractivity contribution in [3.05, 3.63) is 28.2 Å². The molecule has 1 fully saturated rings. The summed E-state index contributed by atoms with van der Waals surface area (Å²) >= 11 is 3.45. The molecule has 92 valence electrons. The van der Waals surface area contributed by atoms with Gasteiger partial charge in [-0.15, -0.1) is 0 Å². The number of anilines is 1. The van der Waals surface area contributed by atoms with E-state index in [0.717, 1.165) is 28.7 Å². The highest BCUT2D eigenvalue weighted by atomic mass is 79.9. The number of carbonyl (C=O) groups excluding carboxylic acids is 1. The van der Waals surface area contributed by atoms with E-state index < -0.39 is 0 Å². The Bertz CT molecular complexity index is 433. The number of halogens is 1. The van der Waals surface area contributed by atoms with Gasteiger partial charge < -0.3 is 10.6 Å². The van der Waals surface area contributed by atoms with Crippen LogP contribution in [0.3, 0.4) is 0 Å². The largest absolute Gasteiger partial charge is 0.324 e. The highest BCUT2D eigenvalue weighted by Gasteiger charge is 2.29. The lowest BCUT2D eigenvalue weighted by atomic mass is 10.0. The zero-order valence-electron chi connectivity index (χ0n) is 10.1. The number of aryl methyl sites for hydroxylation is 1. The van der Waals surface area contributed by atoms with Crippen molar-refractivity contribution in [3.63, 3.8) is 0 Å². The molecular weight excluding hydrogens is 280 g/mol. The minimum atomic E-state index is -0.0672. The van der Waals surface area contributed by atoms with E-state index in [0.29, 0.717) is 5.92 Å². The van der Waals surface area contributed by atoms with Crippen molar-refractivity contribution in [2.75, 3.05) is 11.9 Å². The molecule has 0 radical (unpaired) electrons. The first kappa shape index (κ1) is 12.6. The van der Waals surface area contributed by atoms with Gasteiger partial charge in [-0.1, -0.05) is 13.0 Å². The van der Waals surface area contributed by atoms with Crippen LogP contribution in [0, 0.1) is 12.8 Å². The smallest absolute Gasteiger partial charge is 0.241 e. The number of rotatable bonds is 2. The molecule has 1 aliphatic heterocycles. The standard InChI is InChI=1S/C13H17BrN2O/c1-8-3-4-10(14)11(7-8)16-13(17)12-9(2)5-6-15-12/h3-4,7,9,12,15H,5-6H2,1-2H3,(H,16,17). The first-order valence-electron chi connectivity index (χ1n) is 5.88. The summed E-state index contributed by atoms with van der Waals surface area (Å²) in [5.74, 6) is 0.458. The minimum Gasteiger partial charge on any atom is -0.324 e. The summed E-state index contributed by atoms with van der Waals surface area (Å²) in [6, 6.07) is 5.87. The van der Waals surface area contributed by atoms with Gasteiger partial charge in [-0.05, 0) is 59.4 Å². The van der Waals surface area contributed by atoms with Crippen LogP contribution in [0.1, 0.15) is 18.9 Å². The van der Waals surface area contributed by atoms with E-state index in [1.807, 2.05) is 25.1 Å². The normalized spacial score (nSPS) is 23.7. The molecular formula is C13H17BrN2O. The minimum absolute atomic E-state index is 0.0568. The fourth-order valence-electron chi connectivity index (χ4n) is 2.13. The summed E-state index contributed by atoms with van der Waals surface area (Å²) in [5.41, 5.74) is 1.98. The molecule has 0 aliphatic carbocycles. The second-order valence-electron chi connectivity index (χ2n) is 4.67. The van der Waals surface area contributed by atoms with Gasteiger partial charge in [0.25, 0.3) is 0 Å². The van der Waals surface area contributed by atoms with Gasteiger partial charge >= 0.3 is 0 Å².